The molecular weight excluding hydrogens is 384 g/mol. The Labute approximate surface area is 178 Å². The van der Waals surface area contributed by atoms with Crippen molar-refractivity contribution in [1.29, 1.82) is 0 Å². The number of amides is 1. The zero-order valence-electron chi connectivity index (χ0n) is 18.3. The summed E-state index contributed by atoms with van der Waals surface area (Å²) < 4.78 is 0. The van der Waals surface area contributed by atoms with Crippen molar-refractivity contribution in [2.75, 3.05) is 18.4 Å². The summed E-state index contributed by atoms with van der Waals surface area (Å²) in [5.74, 6) is -1.07. The number of carboxylic acids is 1. The molecule has 0 heterocycles. The Morgan fingerprint density at radius 3 is 2.10 bits per heavy atom. The number of benzene rings is 2. The lowest BCUT2D eigenvalue weighted by Crippen LogP contribution is -2.30. The van der Waals surface area contributed by atoms with Gasteiger partial charge in [-0.25, -0.2) is 0 Å². The average molecular weight is 418 g/mol. The van der Waals surface area contributed by atoms with Crippen molar-refractivity contribution >= 4 is 23.9 Å². The molecular formula is C22H33N4O4+. The van der Waals surface area contributed by atoms with Crippen LogP contribution in [-0.4, -0.2) is 42.4 Å². The van der Waals surface area contributed by atoms with Gasteiger partial charge in [-0.05, 0) is 62.2 Å². The molecule has 8 heteroatoms. The van der Waals surface area contributed by atoms with Crippen LogP contribution in [0.1, 0.15) is 37.1 Å². The molecule has 8 nitrogen and oxygen atoms in total. The third-order valence-electron chi connectivity index (χ3n) is 3.68. The number of anilines is 1. The van der Waals surface area contributed by atoms with Crippen LogP contribution < -0.4 is 22.5 Å². The van der Waals surface area contributed by atoms with E-state index in [-0.39, 0.29) is 7.33 Å². The van der Waals surface area contributed by atoms with E-state index in [0.29, 0.717) is 30.6 Å². The van der Waals surface area contributed by atoms with E-state index in [1.165, 1.54) is 12.5 Å². The minimum Gasteiger partial charge on any atom is -0.480 e. The molecule has 0 fully saturated rings. The van der Waals surface area contributed by atoms with E-state index in [1.807, 2.05) is 18.2 Å². The third-order valence-corrected chi connectivity index (χ3v) is 3.68. The Morgan fingerprint density at radius 1 is 1.07 bits per heavy atom. The Kier molecular flexibility index (Phi) is 15.1. The molecule has 0 spiro atoms. The summed E-state index contributed by atoms with van der Waals surface area (Å²) in [7, 11) is 0. The summed E-state index contributed by atoms with van der Waals surface area (Å²) in [4.78, 5) is 30.9. The topological polar surface area (TPSA) is 162 Å². The molecule has 0 radical (unpaired) electrons. The number of aldehydes is 1. The van der Waals surface area contributed by atoms with Gasteiger partial charge >= 0.3 is 7.40 Å². The fourth-order valence-corrected chi connectivity index (χ4v) is 2.12. The van der Waals surface area contributed by atoms with E-state index in [9.17, 15) is 14.4 Å². The summed E-state index contributed by atoms with van der Waals surface area (Å²) in [5, 5.41) is 10.8. The molecule has 2 rings (SSSR count). The van der Waals surface area contributed by atoms with Crippen LogP contribution in [0.4, 0.5) is 5.69 Å². The Bertz CT molecular complexity index is 743. The zero-order chi connectivity index (χ0) is 22.8. The van der Waals surface area contributed by atoms with Crippen LogP contribution in [0.2, 0.25) is 0 Å². The van der Waals surface area contributed by atoms with Crippen molar-refractivity contribution in [3.05, 3.63) is 65.7 Å². The molecule has 0 aliphatic heterocycles. The first-order valence-corrected chi connectivity index (χ1v) is 9.59. The fourth-order valence-electron chi connectivity index (χ4n) is 2.12. The SMILES string of the molecule is CC(=O)Nc1ccc(C=O)cc1.NCCC[C@H](N)C(=O)O.NCCc1ccccc1.[H+]. The summed E-state index contributed by atoms with van der Waals surface area (Å²) in [6, 6.07) is 16.2. The number of nitrogens with one attached hydrogen (secondary N) is 1. The largest absolute Gasteiger partial charge is 1.00 e. The molecule has 164 valence electrons. The van der Waals surface area contributed by atoms with Crippen molar-refractivity contribution in [2.45, 2.75) is 32.2 Å². The number of hydrogen-bond acceptors (Lipinski definition) is 6. The maximum atomic E-state index is 10.6. The first-order chi connectivity index (χ1) is 14.3. The first kappa shape index (κ1) is 26.9. The normalized spacial score (nSPS) is 10.4. The van der Waals surface area contributed by atoms with Crippen molar-refractivity contribution < 1.29 is 20.9 Å². The second kappa shape index (κ2) is 16.8. The predicted molar refractivity (Wildman–Crippen MR) is 120 cm³/mol. The molecule has 0 aromatic heterocycles. The van der Waals surface area contributed by atoms with Crippen molar-refractivity contribution in [2.24, 2.45) is 17.2 Å². The number of aliphatic carboxylic acids is 1. The summed E-state index contributed by atoms with van der Waals surface area (Å²) in [5.41, 5.74) is 18.3. The molecule has 1 amide bonds. The van der Waals surface area contributed by atoms with E-state index < -0.39 is 12.0 Å². The van der Waals surface area contributed by atoms with E-state index >= 15 is 0 Å². The van der Waals surface area contributed by atoms with Gasteiger partial charge in [-0.2, -0.15) is 0 Å². The smallest absolute Gasteiger partial charge is 0.480 e. The molecule has 0 saturated heterocycles. The quantitative estimate of drug-likeness (QED) is 0.410. The van der Waals surface area contributed by atoms with Crippen molar-refractivity contribution in [3.8, 4) is 0 Å². The van der Waals surface area contributed by atoms with Gasteiger partial charge in [0.25, 0.3) is 0 Å². The molecule has 0 aliphatic rings. The average Bonchev–Trinajstić information content (AvgIpc) is 2.74. The van der Waals surface area contributed by atoms with Crippen LogP contribution in [0.5, 0.6) is 0 Å². The highest BCUT2D eigenvalue weighted by molar-refractivity contribution is 5.89. The number of nitrogens with two attached hydrogens (primary N) is 3. The van der Waals surface area contributed by atoms with Crippen LogP contribution in [0.3, 0.4) is 0 Å². The molecule has 1 atom stereocenters. The van der Waals surface area contributed by atoms with Gasteiger partial charge in [-0.15, -0.1) is 0 Å². The van der Waals surface area contributed by atoms with Crippen molar-refractivity contribution in [1.82, 2.24) is 0 Å². The minimum atomic E-state index is -0.955. The molecule has 2 aromatic rings. The number of carbonyl (C=O) groups excluding carboxylic acids is 2. The van der Waals surface area contributed by atoms with Gasteiger partial charge in [-0.3, -0.25) is 14.4 Å². The maximum absolute atomic E-state index is 10.6. The third kappa shape index (κ3) is 14.0. The molecule has 0 aliphatic carbocycles. The summed E-state index contributed by atoms with van der Waals surface area (Å²) in [6.45, 7) is 2.68. The monoisotopic (exact) mass is 417 g/mol. The Balaban J connectivity index is 0. The van der Waals surface area contributed by atoms with E-state index in [2.05, 4.69) is 17.4 Å². The molecule has 30 heavy (non-hydrogen) atoms. The lowest BCUT2D eigenvalue weighted by Gasteiger charge is -2.02. The van der Waals surface area contributed by atoms with Gasteiger partial charge in [0.1, 0.15) is 12.3 Å². The second-order valence-electron chi connectivity index (χ2n) is 6.32. The highest BCUT2D eigenvalue weighted by Gasteiger charge is 2.08. The predicted octanol–water partition coefficient (Wildman–Crippen LogP) is 1.90. The molecule has 0 saturated carbocycles. The van der Waals surface area contributed by atoms with Crippen LogP contribution in [0, 0.1) is 0 Å². The van der Waals surface area contributed by atoms with Gasteiger partial charge in [-0.1, -0.05) is 30.3 Å². The van der Waals surface area contributed by atoms with Crippen LogP contribution in [-0.2, 0) is 16.0 Å². The molecule has 8 N–H and O–H groups in total. The summed E-state index contributed by atoms with van der Waals surface area (Å²) >= 11 is 0. The van der Waals surface area contributed by atoms with Gasteiger partial charge < -0.3 is 27.6 Å². The number of carboxylic acid groups (broad SMARTS) is 1. The molecule has 0 bridgehead atoms. The number of carbonyl (C=O) groups is 3. The number of hydrogen-bond donors (Lipinski definition) is 5. The highest BCUT2D eigenvalue weighted by Crippen LogP contribution is 2.07. The lowest BCUT2D eigenvalue weighted by molar-refractivity contribution is -0.138. The van der Waals surface area contributed by atoms with E-state index in [4.69, 9.17) is 22.3 Å². The first-order valence-electron chi connectivity index (χ1n) is 9.59. The lowest BCUT2D eigenvalue weighted by atomic mass is 10.2. The standard InChI is InChI=1S/C9H9NO2.C8H11N.C5H12N2O2/c1-7(12)10-9-4-2-8(6-11)3-5-9;9-7-6-8-4-2-1-3-5-8;6-3-1-2-4(7)5(8)9/h2-6H,1H3,(H,10,12);1-5H,6-7,9H2;4H,1-3,6-7H2,(H,8,9)/p+1/t;;4-/m..0/s1. The van der Waals surface area contributed by atoms with Crippen LogP contribution in [0.25, 0.3) is 0 Å². The van der Waals surface area contributed by atoms with Crippen LogP contribution in [0.15, 0.2) is 54.6 Å². The van der Waals surface area contributed by atoms with Gasteiger partial charge in [0.2, 0.25) is 5.91 Å². The van der Waals surface area contributed by atoms with E-state index in [0.717, 1.165) is 19.3 Å². The fraction of sp³-hybridized carbons (Fsp3) is 0.318. The van der Waals surface area contributed by atoms with Gasteiger partial charge in [0, 0.05) is 18.2 Å². The maximum Gasteiger partial charge on any atom is 1.00 e. The van der Waals surface area contributed by atoms with Gasteiger partial charge in [0.05, 0.1) is 0 Å². The molecule has 0 unspecified atom stereocenters. The van der Waals surface area contributed by atoms with Crippen molar-refractivity contribution in [3.63, 3.8) is 0 Å². The van der Waals surface area contributed by atoms with E-state index in [1.54, 1.807) is 24.3 Å². The molecule has 2 aromatic carbocycles. The Morgan fingerprint density at radius 2 is 1.67 bits per heavy atom. The number of rotatable bonds is 8. The minimum absolute atomic E-state index is 0. The zero-order valence-corrected chi connectivity index (χ0v) is 17.3. The second-order valence-corrected chi connectivity index (χ2v) is 6.32. The highest BCUT2D eigenvalue weighted by atomic mass is 16.4. The van der Waals surface area contributed by atoms with Crippen LogP contribution >= 0.6 is 0 Å². The Hall–Kier alpha value is -3.07. The van der Waals surface area contributed by atoms with Gasteiger partial charge in [0.15, 0.2) is 0 Å². The summed E-state index contributed by atoms with van der Waals surface area (Å²) in [6.07, 6.45) is 2.89.